The summed E-state index contributed by atoms with van der Waals surface area (Å²) in [5, 5.41) is 0. The predicted octanol–water partition coefficient (Wildman–Crippen LogP) is 3.40. The van der Waals surface area contributed by atoms with Crippen LogP contribution in [0.25, 0.3) is 0 Å². The second-order valence-corrected chi connectivity index (χ2v) is 9.29. The number of anilines is 1. The van der Waals surface area contributed by atoms with Crippen molar-refractivity contribution in [1.29, 1.82) is 0 Å². The molecule has 2 atom stereocenters. The molecule has 4 aliphatic rings. The van der Waals surface area contributed by atoms with Gasteiger partial charge in [0.25, 0.3) is 0 Å². The second-order valence-electron chi connectivity index (χ2n) is 9.29. The minimum absolute atomic E-state index is 0.318. The minimum Gasteiger partial charge on any atom is -0.465 e. The van der Waals surface area contributed by atoms with Gasteiger partial charge in [-0.2, -0.15) is 0 Å². The van der Waals surface area contributed by atoms with Gasteiger partial charge in [-0.25, -0.2) is 9.69 Å². The Morgan fingerprint density at radius 3 is 1.82 bits per heavy atom. The first-order valence-corrected chi connectivity index (χ1v) is 11.1. The van der Waals surface area contributed by atoms with Crippen LogP contribution >= 0.6 is 0 Å². The predicted molar refractivity (Wildman–Crippen MR) is 123 cm³/mol. The van der Waals surface area contributed by atoms with Crippen molar-refractivity contribution in [2.24, 2.45) is 11.8 Å². The van der Waals surface area contributed by atoms with Crippen molar-refractivity contribution in [3.63, 3.8) is 0 Å². The van der Waals surface area contributed by atoms with Gasteiger partial charge in [0.15, 0.2) is 0 Å². The fourth-order valence-electron chi connectivity index (χ4n) is 6.58. The normalized spacial score (nSPS) is 28.2. The standard InChI is InChI=1S/C28H21NO5/c1-27-18-7-3-5-9-20(18)28(15-30,21-10-6-4-8-19(21)27)23-22(27)24(31)29(25(23)32)17-13-11-16(12-14-17)26(33)34-2/h3-15,22-23H,1-2H3/t22-,23+,27?,28?/m0/s1. The average molecular weight is 451 g/mol. The molecule has 3 aromatic rings. The molecule has 0 N–H and O–H groups in total. The summed E-state index contributed by atoms with van der Waals surface area (Å²) in [6, 6.07) is 21.5. The van der Waals surface area contributed by atoms with Gasteiger partial charge in [0.2, 0.25) is 11.8 Å². The quantitative estimate of drug-likeness (QED) is 0.346. The first kappa shape index (κ1) is 20.5. The van der Waals surface area contributed by atoms with Crippen molar-refractivity contribution in [3.05, 3.63) is 101 Å². The van der Waals surface area contributed by atoms with Crippen LogP contribution in [-0.4, -0.2) is 31.2 Å². The Morgan fingerprint density at radius 1 is 0.824 bits per heavy atom. The summed E-state index contributed by atoms with van der Waals surface area (Å²) in [4.78, 5) is 54.0. The number of aldehydes is 1. The second kappa shape index (κ2) is 6.73. The highest BCUT2D eigenvalue weighted by Gasteiger charge is 2.72. The number of methoxy groups -OCH3 is 1. The highest BCUT2D eigenvalue weighted by atomic mass is 16.5. The molecular formula is C28H21NO5. The fourth-order valence-corrected chi connectivity index (χ4v) is 6.58. The monoisotopic (exact) mass is 451 g/mol. The van der Waals surface area contributed by atoms with Gasteiger partial charge in [0.1, 0.15) is 6.29 Å². The van der Waals surface area contributed by atoms with E-state index >= 15 is 0 Å². The third-order valence-electron chi connectivity index (χ3n) is 8.02. The number of amides is 2. The van der Waals surface area contributed by atoms with Crippen molar-refractivity contribution in [3.8, 4) is 0 Å². The molecule has 1 aliphatic heterocycles. The number of hydrogen-bond acceptors (Lipinski definition) is 5. The Kier molecular flexibility index (Phi) is 4.07. The van der Waals surface area contributed by atoms with Gasteiger partial charge < -0.3 is 9.53 Å². The van der Waals surface area contributed by atoms with Gasteiger partial charge >= 0.3 is 5.97 Å². The molecule has 0 unspecified atom stereocenters. The molecule has 3 aromatic carbocycles. The lowest BCUT2D eigenvalue weighted by Gasteiger charge is -2.56. The molecular weight excluding hydrogens is 430 g/mol. The Bertz CT molecular complexity index is 1360. The highest BCUT2D eigenvalue weighted by Crippen LogP contribution is 2.66. The summed E-state index contributed by atoms with van der Waals surface area (Å²) in [7, 11) is 1.29. The lowest BCUT2D eigenvalue weighted by atomic mass is 9.42. The first-order valence-electron chi connectivity index (χ1n) is 11.1. The zero-order chi connectivity index (χ0) is 23.8. The number of rotatable bonds is 3. The van der Waals surface area contributed by atoms with E-state index in [0.29, 0.717) is 11.3 Å². The maximum absolute atomic E-state index is 14.0. The van der Waals surface area contributed by atoms with Crippen LogP contribution in [0.2, 0.25) is 0 Å². The highest BCUT2D eigenvalue weighted by molar-refractivity contribution is 6.25. The molecule has 34 heavy (non-hydrogen) atoms. The zero-order valence-electron chi connectivity index (χ0n) is 18.6. The Labute approximate surface area is 196 Å². The van der Waals surface area contributed by atoms with Crippen molar-refractivity contribution < 1.29 is 23.9 Å². The van der Waals surface area contributed by atoms with E-state index in [1.54, 1.807) is 12.1 Å². The van der Waals surface area contributed by atoms with Gasteiger partial charge in [-0.05, 0) is 46.5 Å². The van der Waals surface area contributed by atoms with Crippen LogP contribution < -0.4 is 4.90 Å². The van der Waals surface area contributed by atoms with E-state index in [4.69, 9.17) is 4.74 Å². The van der Waals surface area contributed by atoms with Crippen LogP contribution in [0.4, 0.5) is 5.69 Å². The Hall–Kier alpha value is -4.06. The van der Waals surface area contributed by atoms with E-state index in [9.17, 15) is 19.2 Å². The number of ether oxygens (including phenoxy) is 1. The summed E-state index contributed by atoms with van der Waals surface area (Å²) in [5.74, 6) is -2.82. The Balaban J connectivity index is 1.59. The van der Waals surface area contributed by atoms with Crippen molar-refractivity contribution in [2.75, 3.05) is 12.0 Å². The smallest absolute Gasteiger partial charge is 0.337 e. The number of benzene rings is 3. The van der Waals surface area contributed by atoms with E-state index in [-0.39, 0.29) is 5.91 Å². The maximum atomic E-state index is 14.0. The SMILES string of the molecule is COC(=O)c1ccc(N2C(=O)[C@@H]3[C@H](C2=O)C2(C=O)c4ccccc4C3(C)c3ccccc32)cc1. The van der Waals surface area contributed by atoms with Crippen LogP contribution in [0.5, 0.6) is 0 Å². The van der Waals surface area contributed by atoms with Crippen LogP contribution in [0, 0.1) is 11.8 Å². The largest absolute Gasteiger partial charge is 0.465 e. The number of carbonyl (C=O) groups is 4. The average Bonchev–Trinajstić information content (AvgIpc) is 3.16. The van der Waals surface area contributed by atoms with Crippen LogP contribution in [-0.2, 0) is 30.0 Å². The number of nitrogens with zero attached hydrogens (tertiary/aromatic N) is 1. The van der Waals surface area contributed by atoms with Crippen LogP contribution in [0.1, 0.15) is 39.5 Å². The third-order valence-corrected chi connectivity index (χ3v) is 8.02. The number of esters is 1. The molecule has 0 saturated carbocycles. The van der Waals surface area contributed by atoms with Crippen molar-refractivity contribution >= 4 is 29.8 Å². The van der Waals surface area contributed by atoms with Gasteiger partial charge in [0, 0.05) is 5.41 Å². The summed E-state index contributed by atoms with van der Waals surface area (Å²) < 4.78 is 4.74. The van der Waals surface area contributed by atoms with Gasteiger partial charge in [-0.1, -0.05) is 55.5 Å². The summed E-state index contributed by atoms with van der Waals surface area (Å²) in [6.07, 6.45) is 0.857. The topological polar surface area (TPSA) is 80.8 Å². The zero-order valence-corrected chi connectivity index (χ0v) is 18.6. The molecule has 6 nitrogen and oxygen atoms in total. The Morgan fingerprint density at radius 2 is 1.32 bits per heavy atom. The molecule has 1 saturated heterocycles. The molecule has 0 radical (unpaired) electrons. The molecule has 0 aromatic heterocycles. The lowest BCUT2D eigenvalue weighted by molar-refractivity contribution is -0.129. The van der Waals surface area contributed by atoms with Crippen LogP contribution in [0.15, 0.2) is 72.8 Å². The summed E-state index contributed by atoms with van der Waals surface area (Å²) >= 11 is 0. The van der Waals surface area contributed by atoms with Crippen molar-refractivity contribution in [2.45, 2.75) is 17.8 Å². The minimum atomic E-state index is -1.25. The lowest BCUT2D eigenvalue weighted by Crippen LogP contribution is -2.61. The van der Waals surface area contributed by atoms with E-state index in [1.165, 1.54) is 24.1 Å². The van der Waals surface area contributed by atoms with Crippen LogP contribution in [0.3, 0.4) is 0 Å². The molecule has 1 heterocycles. The van der Waals surface area contributed by atoms with Crippen molar-refractivity contribution in [1.82, 2.24) is 0 Å². The molecule has 2 amide bonds. The molecule has 168 valence electrons. The summed E-state index contributed by atoms with van der Waals surface area (Å²) in [5.41, 5.74) is 2.07. The maximum Gasteiger partial charge on any atom is 0.337 e. The molecule has 7 rings (SSSR count). The van der Waals surface area contributed by atoms with Gasteiger partial charge in [-0.15, -0.1) is 0 Å². The van der Waals surface area contributed by atoms with E-state index in [0.717, 1.165) is 28.5 Å². The van der Waals surface area contributed by atoms with Gasteiger partial charge in [0.05, 0.1) is 35.6 Å². The number of imide groups is 1. The first-order chi connectivity index (χ1) is 16.4. The van der Waals surface area contributed by atoms with E-state index in [2.05, 4.69) is 0 Å². The molecule has 3 aliphatic carbocycles. The molecule has 0 spiro atoms. The fraction of sp³-hybridized carbons (Fsp3) is 0.214. The van der Waals surface area contributed by atoms with E-state index < -0.39 is 34.5 Å². The summed E-state index contributed by atoms with van der Waals surface area (Å²) in [6.45, 7) is 2.01. The number of hydrogen-bond donors (Lipinski definition) is 0. The molecule has 2 bridgehead atoms. The van der Waals surface area contributed by atoms with Gasteiger partial charge in [-0.3, -0.25) is 9.59 Å². The molecule has 6 heteroatoms. The van der Waals surface area contributed by atoms with E-state index in [1.807, 2.05) is 55.5 Å². The third kappa shape index (κ3) is 2.16. The number of carbonyl (C=O) groups excluding carboxylic acids is 4. The molecule has 1 fully saturated rings.